The van der Waals surface area contributed by atoms with E-state index in [4.69, 9.17) is 14.6 Å². The number of allylic oxidation sites excluding steroid dienone is 2. The van der Waals surface area contributed by atoms with E-state index < -0.39 is 23.5 Å². The number of cyclic esters (lactones) is 1. The van der Waals surface area contributed by atoms with Crippen LogP contribution in [0.3, 0.4) is 0 Å². The third kappa shape index (κ3) is 4.47. The second-order valence-electron chi connectivity index (χ2n) is 9.42. The number of aliphatic hydroxyl groups excluding tert-OH is 1. The monoisotopic (exact) mass is 432 g/mol. The average Bonchev–Trinajstić information content (AvgIpc) is 3.13. The first-order valence-corrected chi connectivity index (χ1v) is 10.9. The second-order valence-corrected chi connectivity index (χ2v) is 9.42. The molecule has 5 atom stereocenters. The molecule has 2 fully saturated rings. The van der Waals surface area contributed by atoms with Crippen molar-refractivity contribution in [3.8, 4) is 0 Å². The van der Waals surface area contributed by atoms with Crippen LogP contribution in [0, 0.1) is 22.7 Å². The zero-order valence-electron chi connectivity index (χ0n) is 18.3. The first kappa shape index (κ1) is 23.3. The van der Waals surface area contributed by atoms with Crippen molar-refractivity contribution in [2.24, 2.45) is 22.7 Å². The number of rotatable bonds is 7. The lowest BCUT2D eigenvalue weighted by Gasteiger charge is -2.59. The van der Waals surface area contributed by atoms with Crippen molar-refractivity contribution in [2.45, 2.75) is 58.5 Å². The Kier molecular flexibility index (Phi) is 6.74. The Morgan fingerprint density at radius 2 is 2.06 bits per heavy atom. The number of aliphatic carboxylic acids is 1. The molecule has 0 aromatic heterocycles. The Labute approximate surface area is 182 Å². The number of aliphatic hydroxyl groups is 1. The summed E-state index contributed by atoms with van der Waals surface area (Å²) >= 11 is 0. The van der Waals surface area contributed by atoms with Crippen LogP contribution < -0.4 is 0 Å². The standard InChI is InChI=1S/C24H32O7/c1-15-4-7-18-23(2,17(15)6-5-16-11-13-30-22(16)29)12-10-19(24(18,3)14-25)31-21(28)9-8-20(26)27/h5-6,11,17-19,25H,1,4,7-10,12-14H2,2-3H3,(H,26,27)/b6-5+/t17?,18?,19?,23-,24-/m0/s1. The summed E-state index contributed by atoms with van der Waals surface area (Å²) in [7, 11) is 0. The van der Waals surface area contributed by atoms with E-state index in [0.29, 0.717) is 18.6 Å². The molecule has 1 heterocycles. The molecular formula is C24H32O7. The molecule has 1 aliphatic heterocycles. The Hall–Kier alpha value is -2.41. The van der Waals surface area contributed by atoms with Gasteiger partial charge in [-0.1, -0.05) is 38.2 Å². The molecule has 0 bridgehead atoms. The molecule has 3 unspecified atom stereocenters. The average molecular weight is 433 g/mol. The van der Waals surface area contributed by atoms with Crippen LogP contribution in [0.15, 0.2) is 36.0 Å². The Morgan fingerprint density at radius 1 is 1.32 bits per heavy atom. The number of hydrogen-bond donors (Lipinski definition) is 2. The Bertz CT molecular complexity index is 826. The number of hydrogen-bond acceptors (Lipinski definition) is 6. The van der Waals surface area contributed by atoms with Crippen LogP contribution in [0.25, 0.3) is 0 Å². The highest BCUT2D eigenvalue weighted by atomic mass is 16.5. The summed E-state index contributed by atoms with van der Waals surface area (Å²) < 4.78 is 10.7. The zero-order chi connectivity index (χ0) is 22.8. The summed E-state index contributed by atoms with van der Waals surface area (Å²) in [5.41, 5.74) is 0.782. The van der Waals surface area contributed by atoms with Crippen molar-refractivity contribution >= 4 is 17.9 Å². The molecule has 7 heteroatoms. The number of ether oxygens (including phenoxy) is 2. The summed E-state index contributed by atoms with van der Waals surface area (Å²) in [5.74, 6) is -1.81. The third-order valence-electron chi connectivity index (χ3n) is 7.56. The van der Waals surface area contributed by atoms with Crippen LogP contribution in [-0.2, 0) is 23.9 Å². The fraction of sp³-hybridized carbons (Fsp3) is 0.625. The molecule has 31 heavy (non-hydrogen) atoms. The smallest absolute Gasteiger partial charge is 0.338 e. The first-order valence-electron chi connectivity index (χ1n) is 10.9. The topological polar surface area (TPSA) is 110 Å². The lowest BCUT2D eigenvalue weighted by molar-refractivity contribution is -0.185. The molecule has 2 saturated carbocycles. The fourth-order valence-corrected chi connectivity index (χ4v) is 5.80. The molecule has 0 spiro atoms. The molecule has 2 N–H and O–H groups in total. The summed E-state index contributed by atoms with van der Waals surface area (Å²) in [6, 6.07) is 0. The van der Waals surface area contributed by atoms with Crippen molar-refractivity contribution in [3.63, 3.8) is 0 Å². The predicted octanol–water partition coefficient (Wildman–Crippen LogP) is 3.18. The minimum absolute atomic E-state index is 0.0232. The summed E-state index contributed by atoms with van der Waals surface area (Å²) in [4.78, 5) is 34.8. The largest absolute Gasteiger partial charge is 0.481 e. The SMILES string of the molecule is C=C1CCC2[C@@](C)(CCC(OC(=O)CCC(=O)O)[C@@]2(C)CO)C1/C=C/C1=CCOC1=O. The van der Waals surface area contributed by atoms with E-state index in [-0.39, 0.29) is 42.7 Å². The van der Waals surface area contributed by atoms with Crippen molar-refractivity contribution in [2.75, 3.05) is 13.2 Å². The van der Waals surface area contributed by atoms with Gasteiger partial charge in [-0.3, -0.25) is 9.59 Å². The van der Waals surface area contributed by atoms with Gasteiger partial charge < -0.3 is 19.7 Å². The maximum atomic E-state index is 12.2. The fourth-order valence-electron chi connectivity index (χ4n) is 5.80. The van der Waals surface area contributed by atoms with Crippen molar-refractivity contribution in [3.05, 3.63) is 36.0 Å². The quantitative estimate of drug-likeness (QED) is 0.470. The molecule has 0 saturated heterocycles. The Morgan fingerprint density at radius 3 is 2.68 bits per heavy atom. The molecular weight excluding hydrogens is 400 g/mol. The summed E-state index contributed by atoms with van der Waals surface area (Å²) in [6.07, 6.45) is 7.63. The van der Waals surface area contributed by atoms with E-state index in [1.165, 1.54) is 0 Å². The van der Waals surface area contributed by atoms with Crippen LogP contribution in [0.4, 0.5) is 0 Å². The minimum Gasteiger partial charge on any atom is -0.481 e. The van der Waals surface area contributed by atoms with E-state index in [1.807, 2.05) is 19.1 Å². The van der Waals surface area contributed by atoms with E-state index in [0.717, 1.165) is 24.8 Å². The van der Waals surface area contributed by atoms with Gasteiger partial charge in [0.2, 0.25) is 0 Å². The van der Waals surface area contributed by atoms with Gasteiger partial charge in [-0.15, -0.1) is 0 Å². The van der Waals surface area contributed by atoms with Gasteiger partial charge in [0.25, 0.3) is 0 Å². The van der Waals surface area contributed by atoms with Crippen molar-refractivity contribution < 1.29 is 34.1 Å². The van der Waals surface area contributed by atoms with Crippen molar-refractivity contribution in [1.82, 2.24) is 0 Å². The number of carboxylic acids is 1. The second kappa shape index (κ2) is 8.99. The zero-order valence-corrected chi connectivity index (χ0v) is 18.3. The van der Waals surface area contributed by atoms with Gasteiger partial charge in [-0.2, -0.15) is 0 Å². The minimum atomic E-state index is -1.04. The number of carbonyl (C=O) groups excluding carboxylic acids is 2. The van der Waals surface area contributed by atoms with Gasteiger partial charge in [0, 0.05) is 11.3 Å². The highest BCUT2D eigenvalue weighted by Crippen LogP contribution is 2.61. The van der Waals surface area contributed by atoms with Crippen LogP contribution in [-0.4, -0.2) is 47.4 Å². The van der Waals surface area contributed by atoms with Crippen LogP contribution in [0.2, 0.25) is 0 Å². The van der Waals surface area contributed by atoms with Gasteiger partial charge in [0.05, 0.1) is 25.0 Å². The van der Waals surface area contributed by atoms with E-state index in [2.05, 4.69) is 13.5 Å². The van der Waals surface area contributed by atoms with E-state index >= 15 is 0 Å². The maximum absolute atomic E-state index is 12.2. The molecule has 170 valence electrons. The number of fused-ring (bicyclic) bond motifs is 1. The van der Waals surface area contributed by atoms with Crippen molar-refractivity contribution in [1.29, 1.82) is 0 Å². The van der Waals surface area contributed by atoms with Crippen LogP contribution in [0.1, 0.15) is 52.4 Å². The van der Waals surface area contributed by atoms with E-state index in [9.17, 15) is 19.5 Å². The molecule has 0 radical (unpaired) electrons. The van der Waals surface area contributed by atoms with Crippen LogP contribution in [0.5, 0.6) is 0 Å². The molecule has 0 aromatic rings. The Balaban J connectivity index is 1.82. The predicted molar refractivity (Wildman–Crippen MR) is 113 cm³/mol. The molecule has 3 rings (SSSR count). The molecule has 2 aliphatic carbocycles. The lowest BCUT2D eigenvalue weighted by Crippen LogP contribution is -2.58. The summed E-state index contributed by atoms with van der Waals surface area (Å²) in [5, 5.41) is 19.2. The molecule has 7 nitrogen and oxygen atoms in total. The van der Waals surface area contributed by atoms with E-state index in [1.54, 1.807) is 6.08 Å². The first-order chi connectivity index (χ1) is 14.6. The molecule has 3 aliphatic rings. The number of carbonyl (C=O) groups is 3. The lowest BCUT2D eigenvalue weighted by atomic mass is 9.46. The normalized spacial score (nSPS) is 35.5. The summed E-state index contributed by atoms with van der Waals surface area (Å²) in [6.45, 7) is 8.59. The van der Waals surface area contributed by atoms with Gasteiger partial charge in [-0.25, -0.2) is 4.79 Å². The van der Waals surface area contributed by atoms with Crippen LogP contribution >= 0.6 is 0 Å². The highest BCUT2D eigenvalue weighted by Gasteiger charge is 2.58. The van der Waals surface area contributed by atoms with Gasteiger partial charge in [-0.05, 0) is 43.1 Å². The van der Waals surface area contributed by atoms with Gasteiger partial charge >= 0.3 is 17.9 Å². The highest BCUT2D eigenvalue weighted by molar-refractivity contribution is 5.93. The molecule has 0 amide bonds. The maximum Gasteiger partial charge on any atom is 0.338 e. The third-order valence-corrected chi connectivity index (χ3v) is 7.56. The van der Waals surface area contributed by atoms with Gasteiger partial charge in [0.1, 0.15) is 12.7 Å². The number of esters is 2. The molecule has 0 aromatic carbocycles. The number of carboxylic acid groups (broad SMARTS) is 1. The van der Waals surface area contributed by atoms with Gasteiger partial charge in [0.15, 0.2) is 0 Å².